The van der Waals surface area contributed by atoms with E-state index in [0.717, 1.165) is 30.6 Å². The van der Waals surface area contributed by atoms with Crippen LogP contribution in [0.2, 0.25) is 0 Å². The third kappa shape index (κ3) is 2.97. The molecule has 0 fully saturated rings. The Morgan fingerprint density at radius 1 is 1.26 bits per heavy atom. The summed E-state index contributed by atoms with van der Waals surface area (Å²) in [6.45, 7) is 2.14. The molecule has 1 aromatic carbocycles. The molecule has 0 aliphatic rings. The first-order valence-electron chi connectivity index (χ1n) is 7.78. The SMILES string of the molecule is CCCCc1cc2c(=O)c(-c3ccccn3)coc2cc1OC. The van der Waals surface area contributed by atoms with Crippen molar-refractivity contribution in [3.05, 3.63) is 58.6 Å². The molecule has 23 heavy (non-hydrogen) atoms. The van der Waals surface area contributed by atoms with Gasteiger partial charge in [-0.25, -0.2) is 0 Å². The number of methoxy groups -OCH3 is 1. The van der Waals surface area contributed by atoms with E-state index >= 15 is 0 Å². The standard InChI is InChI=1S/C19H19NO3/c1-3-4-7-13-10-14-18(11-17(13)22-2)23-12-15(19(14)21)16-8-5-6-9-20-16/h5-6,8-12H,3-4,7H2,1-2H3. The normalized spacial score (nSPS) is 10.9. The summed E-state index contributed by atoms with van der Waals surface area (Å²) in [5.74, 6) is 0.764. The molecule has 4 heteroatoms. The lowest BCUT2D eigenvalue weighted by molar-refractivity contribution is 0.408. The quantitative estimate of drug-likeness (QED) is 0.708. The third-order valence-corrected chi connectivity index (χ3v) is 3.92. The molecule has 2 heterocycles. The molecule has 0 radical (unpaired) electrons. The number of benzene rings is 1. The van der Waals surface area contributed by atoms with Crippen LogP contribution in [-0.4, -0.2) is 12.1 Å². The molecule has 0 spiro atoms. The number of aromatic nitrogens is 1. The number of fused-ring (bicyclic) bond motifs is 1. The molecule has 3 rings (SSSR count). The predicted octanol–water partition coefficient (Wildman–Crippen LogP) is 4.21. The van der Waals surface area contributed by atoms with Gasteiger partial charge in [-0.3, -0.25) is 9.78 Å². The Bertz CT molecular complexity index is 869. The van der Waals surface area contributed by atoms with Crippen molar-refractivity contribution in [3.8, 4) is 17.0 Å². The molecule has 0 unspecified atom stereocenters. The Labute approximate surface area is 134 Å². The fourth-order valence-corrected chi connectivity index (χ4v) is 2.65. The van der Waals surface area contributed by atoms with E-state index in [0.29, 0.717) is 22.2 Å². The van der Waals surface area contributed by atoms with Gasteiger partial charge in [-0.05, 0) is 36.6 Å². The number of hydrogen-bond donors (Lipinski definition) is 0. The summed E-state index contributed by atoms with van der Waals surface area (Å²) in [5.41, 5.74) is 2.60. The van der Waals surface area contributed by atoms with E-state index in [9.17, 15) is 4.79 Å². The van der Waals surface area contributed by atoms with Gasteiger partial charge in [0.15, 0.2) is 0 Å². The number of unbranched alkanes of at least 4 members (excludes halogenated alkanes) is 1. The monoisotopic (exact) mass is 309 g/mol. The van der Waals surface area contributed by atoms with E-state index in [1.165, 1.54) is 6.26 Å². The van der Waals surface area contributed by atoms with Crippen LogP contribution in [0.1, 0.15) is 25.3 Å². The minimum absolute atomic E-state index is 0.0645. The van der Waals surface area contributed by atoms with Crippen LogP contribution in [0.5, 0.6) is 5.75 Å². The summed E-state index contributed by atoms with van der Waals surface area (Å²) in [7, 11) is 1.64. The van der Waals surface area contributed by atoms with Gasteiger partial charge in [-0.1, -0.05) is 19.4 Å². The maximum absolute atomic E-state index is 12.8. The van der Waals surface area contributed by atoms with Crippen LogP contribution in [-0.2, 0) is 6.42 Å². The summed E-state index contributed by atoms with van der Waals surface area (Å²) >= 11 is 0. The molecule has 4 nitrogen and oxygen atoms in total. The molecule has 0 aliphatic carbocycles. The summed E-state index contributed by atoms with van der Waals surface area (Å²) in [4.78, 5) is 17.1. The molecule has 3 aromatic rings. The van der Waals surface area contributed by atoms with Crippen molar-refractivity contribution < 1.29 is 9.15 Å². The number of aryl methyl sites for hydroxylation is 1. The first kappa shape index (κ1) is 15.3. The van der Waals surface area contributed by atoms with E-state index in [2.05, 4.69) is 11.9 Å². The molecule has 0 N–H and O–H groups in total. The highest BCUT2D eigenvalue weighted by atomic mass is 16.5. The van der Waals surface area contributed by atoms with Crippen LogP contribution in [0.15, 0.2) is 52.0 Å². The summed E-state index contributed by atoms with van der Waals surface area (Å²) in [5, 5.41) is 0.569. The highest BCUT2D eigenvalue weighted by Crippen LogP contribution is 2.27. The Morgan fingerprint density at radius 2 is 2.13 bits per heavy atom. The van der Waals surface area contributed by atoms with Gasteiger partial charge in [0.25, 0.3) is 0 Å². The van der Waals surface area contributed by atoms with Gasteiger partial charge >= 0.3 is 0 Å². The van der Waals surface area contributed by atoms with Gasteiger partial charge in [0.1, 0.15) is 17.6 Å². The highest BCUT2D eigenvalue weighted by Gasteiger charge is 2.13. The van der Waals surface area contributed by atoms with E-state index in [1.807, 2.05) is 18.2 Å². The Hall–Kier alpha value is -2.62. The zero-order chi connectivity index (χ0) is 16.2. The molecule has 2 aromatic heterocycles. The van der Waals surface area contributed by atoms with E-state index in [1.54, 1.807) is 25.4 Å². The van der Waals surface area contributed by atoms with Gasteiger partial charge in [-0.2, -0.15) is 0 Å². The molecule has 118 valence electrons. The lowest BCUT2D eigenvalue weighted by atomic mass is 10.0. The smallest absolute Gasteiger partial charge is 0.202 e. The second-order valence-corrected chi connectivity index (χ2v) is 5.46. The second-order valence-electron chi connectivity index (χ2n) is 5.46. The molecule has 0 atom stereocenters. The molecule has 0 saturated carbocycles. The Balaban J connectivity index is 2.18. The van der Waals surface area contributed by atoms with Crippen LogP contribution in [0.3, 0.4) is 0 Å². The van der Waals surface area contributed by atoms with E-state index in [4.69, 9.17) is 9.15 Å². The number of rotatable bonds is 5. The zero-order valence-corrected chi connectivity index (χ0v) is 13.3. The second kappa shape index (κ2) is 6.65. The van der Waals surface area contributed by atoms with Gasteiger partial charge < -0.3 is 9.15 Å². The summed E-state index contributed by atoms with van der Waals surface area (Å²) in [6.07, 6.45) is 6.15. The zero-order valence-electron chi connectivity index (χ0n) is 13.3. The molecular formula is C19H19NO3. The van der Waals surface area contributed by atoms with Crippen molar-refractivity contribution in [1.82, 2.24) is 4.98 Å². The minimum atomic E-state index is -0.0645. The maximum Gasteiger partial charge on any atom is 0.202 e. The molecular weight excluding hydrogens is 290 g/mol. The molecule has 0 amide bonds. The summed E-state index contributed by atoms with van der Waals surface area (Å²) in [6, 6.07) is 9.16. The average Bonchev–Trinajstić information content (AvgIpc) is 2.60. The van der Waals surface area contributed by atoms with Crippen molar-refractivity contribution in [1.29, 1.82) is 0 Å². The van der Waals surface area contributed by atoms with Crippen LogP contribution in [0.25, 0.3) is 22.2 Å². The first-order valence-corrected chi connectivity index (χ1v) is 7.78. The number of pyridine rings is 1. The van der Waals surface area contributed by atoms with Gasteiger partial charge in [-0.15, -0.1) is 0 Å². The fourth-order valence-electron chi connectivity index (χ4n) is 2.65. The van der Waals surface area contributed by atoms with Gasteiger partial charge in [0, 0.05) is 12.3 Å². The van der Waals surface area contributed by atoms with Crippen molar-refractivity contribution in [2.24, 2.45) is 0 Å². The fraction of sp³-hybridized carbons (Fsp3) is 0.263. The summed E-state index contributed by atoms with van der Waals surface area (Å²) < 4.78 is 11.1. The predicted molar refractivity (Wildman–Crippen MR) is 90.9 cm³/mol. The van der Waals surface area contributed by atoms with Crippen LogP contribution >= 0.6 is 0 Å². The molecule has 0 aliphatic heterocycles. The van der Waals surface area contributed by atoms with Crippen molar-refractivity contribution in [2.45, 2.75) is 26.2 Å². The van der Waals surface area contributed by atoms with Crippen LogP contribution in [0.4, 0.5) is 0 Å². The number of ether oxygens (including phenoxy) is 1. The number of hydrogen-bond acceptors (Lipinski definition) is 4. The minimum Gasteiger partial charge on any atom is -0.496 e. The molecule has 0 saturated heterocycles. The van der Waals surface area contributed by atoms with Crippen molar-refractivity contribution in [2.75, 3.05) is 7.11 Å². The number of nitrogens with zero attached hydrogens (tertiary/aromatic N) is 1. The average molecular weight is 309 g/mol. The Morgan fingerprint density at radius 3 is 2.83 bits per heavy atom. The lowest BCUT2D eigenvalue weighted by Gasteiger charge is -2.10. The lowest BCUT2D eigenvalue weighted by Crippen LogP contribution is -2.07. The van der Waals surface area contributed by atoms with E-state index < -0.39 is 0 Å². The van der Waals surface area contributed by atoms with Crippen LogP contribution in [0, 0.1) is 0 Å². The van der Waals surface area contributed by atoms with Gasteiger partial charge in [0.2, 0.25) is 5.43 Å². The molecule has 0 bridgehead atoms. The third-order valence-electron chi connectivity index (χ3n) is 3.92. The maximum atomic E-state index is 12.8. The highest BCUT2D eigenvalue weighted by molar-refractivity contribution is 5.83. The van der Waals surface area contributed by atoms with Crippen molar-refractivity contribution >= 4 is 11.0 Å². The first-order chi connectivity index (χ1) is 11.2. The van der Waals surface area contributed by atoms with E-state index in [-0.39, 0.29) is 5.43 Å². The van der Waals surface area contributed by atoms with Gasteiger partial charge in [0.05, 0.1) is 23.8 Å². The van der Waals surface area contributed by atoms with Crippen molar-refractivity contribution in [3.63, 3.8) is 0 Å². The largest absolute Gasteiger partial charge is 0.496 e. The Kier molecular flexibility index (Phi) is 4.42. The van der Waals surface area contributed by atoms with Crippen LogP contribution < -0.4 is 10.2 Å². The topological polar surface area (TPSA) is 52.3 Å².